The smallest absolute Gasteiger partial charge is 0.252 e. The Hall–Kier alpha value is -2.14. The molecule has 0 unspecified atom stereocenters. The summed E-state index contributed by atoms with van der Waals surface area (Å²) in [5.41, 5.74) is 1.67. The molecule has 5 heteroatoms. The molecule has 0 aromatic heterocycles. The Kier molecular flexibility index (Phi) is 7.19. The van der Waals surface area contributed by atoms with Gasteiger partial charge in [-0.1, -0.05) is 25.1 Å². The van der Waals surface area contributed by atoms with Crippen molar-refractivity contribution in [2.45, 2.75) is 38.3 Å². The van der Waals surface area contributed by atoms with Crippen LogP contribution in [0.1, 0.15) is 36.7 Å². The van der Waals surface area contributed by atoms with Gasteiger partial charge in [-0.05, 0) is 49.4 Å². The van der Waals surface area contributed by atoms with Crippen molar-refractivity contribution < 1.29 is 14.3 Å². The molecule has 4 nitrogen and oxygen atoms in total. The Morgan fingerprint density at radius 1 is 1.16 bits per heavy atom. The van der Waals surface area contributed by atoms with E-state index in [1.807, 2.05) is 56.3 Å². The molecule has 0 atom stereocenters. The van der Waals surface area contributed by atoms with Crippen molar-refractivity contribution in [2.75, 3.05) is 12.9 Å². The second-order valence-electron chi connectivity index (χ2n) is 5.76. The quantitative estimate of drug-likeness (QED) is 0.704. The Balaban J connectivity index is 2.07. The summed E-state index contributed by atoms with van der Waals surface area (Å²) in [5.74, 6) is 2.23. The average molecular weight is 359 g/mol. The minimum Gasteiger partial charge on any atom is -0.493 e. The summed E-state index contributed by atoms with van der Waals surface area (Å²) >= 11 is 1.67. The summed E-state index contributed by atoms with van der Waals surface area (Å²) < 4.78 is 11.1. The maximum atomic E-state index is 12.5. The van der Waals surface area contributed by atoms with E-state index in [-0.39, 0.29) is 12.0 Å². The van der Waals surface area contributed by atoms with E-state index >= 15 is 0 Å². The molecule has 0 saturated heterocycles. The maximum Gasteiger partial charge on any atom is 0.252 e. The fraction of sp³-hybridized carbons (Fsp3) is 0.350. The maximum absolute atomic E-state index is 12.5. The highest BCUT2D eigenvalue weighted by atomic mass is 32.2. The van der Waals surface area contributed by atoms with Gasteiger partial charge in [-0.25, -0.2) is 0 Å². The van der Waals surface area contributed by atoms with Gasteiger partial charge in [0.05, 0.1) is 18.8 Å². The first kappa shape index (κ1) is 19.2. The molecule has 0 spiro atoms. The minimum absolute atomic E-state index is 0.0713. The van der Waals surface area contributed by atoms with Gasteiger partial charge in [0.25, 0.3) is 5.91 Å². The van der Waals surface area contributed by atoms with Gasteiger partial charge < -0.3 is 14.8 Å². The van der Waals surface area contributed by atoms with Gasteiger partial charge >= 0.3 is 0 Å². The number of carbonyl (C=O) groups excluding carboxylic acids is 1. The Morgan fingerprint density at radius 2 is 1.92 bits per heavy atom. The number of hydrogen-bond acceptors (Lipinski definition) is 4. The van der Waals surface area contributed by atoms with Gasteiger partial charge in [0, 0.05) is 11.4 Å². The lowest BCUT2D eigenvalue weighted by Gasteiger charge is -2.15. The molecular weight excluding hydrogens is 334 g/mol. The molecule has 1 N–H and O–H groups in total. The molecule has 0 aliphatic rings. The van der Waals surface area contributed by atoms with Crippen LogP contribution in [0, 0.1) is 0 Å². The van der Waals surface area contributed by atoms with Crippen molar-refractivity contribution >= 4 is 17.7 Å². The van der Waals surface area contributed by atoms with Crippen LogP contribution in [0.25, 0.3) is 0 Å². The topological polar surface area (TPSA) is 47.6 Å². The summed E-state index contributed by atoms with van der Waals surface area (Å²) in [5, 5.41) is 2.98. The molecule has 0 saturated carbocycles. The molecule has 0 aliphatic heterocycles. The number of thioether (sulfide) groups is 1. The predicted octanol–water partition coefficient (Wildman–Crippen LogP) is 4.52. The molecule has 0 radical (unpaired) electrons. The average Bonchev–Trinajstić information content (AvgIpc) is 2.61. The van der Waals surface area contributed by atoms with E-state index in [4.69, 9.17) is 9.47 Å². The van der Waals surface area contributed by atoms with Gasteiger partial charge in [-0.3, -0.25) is 4.79 Å². The molecule has 2 aromatic carbocycles. The first-order chi connectivity index (χ1) is 12.0. The van der Waals surface area contributed by atoms with Gasteiger partial charge in [0.15, 0.2) is 11.5 Å². The SMILES string of the molecule is CCSc1ccccc1C(=O)NCc1ccc(OC(C)C)c(OC)c1. The van der Waals surface area contributed by atoms with Gasteiger partial charge in [0.2, 0.25) is 0 Å². The Morgan fingerprint density at radius 3 is 2.60 bits per heavy atom. The fourth-order valence-corrected chi connectivity index (χ4v) is 3.19. The van der Waals surface area contributed by atoms with Crippen molar-refractivity contribution in [1.82, 2.24) is 5.32 Å². The number of ether oxygens (including phenoxy) is 2. The van der Waals surface area contributed by atoms with Gasteiger partial charge in [-0.15, -0.1) is 11.8 Å². The van der Waals surface area contributed by atoms with E-state index in [1.54, 1.807) is 18.9 Å². The van der Waals surface area contributed by atoms with Crippen molar-refractivity contribution in [2.24, 2.45) is 0 Å². The molecule has 0 heterocycles. The van der Waals surface area contributed by atoms with Crippen molar-refractivity contribution in [3.63, 3.8) is 0 Å². The van der Waals surface area contributed by atoms with E-state index in [0.29, 0.717) is 23.6 Å². The number of carbonyl (C=O) groups is 1. The van der Waals surface area contributed by atoms with E-state index in [0.717, 1.165) is 16.2 Å². The molecule has 25 heavy (non-hydrogen) atoms. The number of hydrogen-bond donors (Lipinski definition) is 1. The minimum atomic E-state index is -0.0713. The highest BCUT2D eigenvalue weighted by molar-refractivity contribution is 7.99. The first-order valence-electron chi connectivity index (χ1n) is 8.38. The highest BCUT2D eigenvalue weighted by Crippen LogP contribution is 2.29. The molecule has 0 aliphatic carbocycles. The zero-order valence-corrected chi connectivity index (χ0v) is 16.0. The normalized spacial score (nSPS) is 10.6. The summed E-state index contributed by atoms with van der Waals surface area (Å²) in [6.45, 7) is 6.45. The first-order valence-corrected chi connectivity index (χ1v) is 9.37. The Bertz CT molecular complexity index is 716. The third kappa shape index (κ3) is 5.43. The van der Waals surface area contributed by atoms with Gasteiger partial charge in [-0.2, -0.15) is 0 Å². The molecule has 2 aromatic rings. The van der Waals surface area contributed by atoms with Crippen LogP contribution in [0.2, 0.25) is 0 Å². The van der Waals surface area contributed by atoms with Crippen LogP contribution in [-0.2, 0) is 6.54 Å². The third-order valence-corrected chi connectivity index (χ3v) is 4.43. The zero-order valence-electron chi connectivity index (χ0n) is 15.2. The molecular formula is C20H25NO3S. The second kappa shape index (κ2) is 9.37. The Labute approximate surface area is 153 Å². The largest absolute Gasteiger partial charge is 0.493 e. The lowest BCUT2D eigenvalue weighted by atomic mass is 10.1. The summed E-state index contributed by atoms with van der Waals surface area (Å²) in [4.78, 5) is 13.5. The van der Waals surface area contributed by atoms with Crippen LogP contribution < -0.4 is 14.8 Å². The molecule has 2 rings (SSSR count). The van der Waals surface area contributed by atoms with Crippen molar-refractivity contribution in [1.29, 1.82) is 0 Å². The summed E-state index contributed by atoms with van der Waals surface area (Å²) in [6.07, 6.45) is 0.0759. The van der Waals surface area contributed by atoms with Crippen LogP contribution in [0.3, 0.4) is 0 Å². The van der Waals surface area contributed by atoms with Crippen LogP contribution >= 0.6 is 11.8 Å². The van der Waals surface area contributed by atoms with E-state index in [2.05, 4.69) is 12.2 Å². The molecule has 134 valence electrons. The van der Waals surface area contributed by atoms with Crippen LogP contribution in [0.5, 0.6) is 11.5 Å². The van der Waals surface area contributed by atoms with E-state index in [1.165, 1.54) is 0 Å². The van der Waals surface area contributed by atoms with Crippen LogP contribution in [-0.4, -0.2) is 24.9 Å². The number of nitrogens with one attached hydrogen (secondary N) is 1. The lowest BCUT2D eigenvalue weighted by Crippen LogP contribution is -2.23. The summed E-state index contributed by atoms with van der Waals surface area (Å²) in [6, 6.07) is 13.4. The number of amides is 1. The second-order valence-corrected chi connectivity index (χ2v) is 7.07. The van der Waals surface area contributed by atoms with Crippen molar-refractivity contribution in [3.8, 4) is 11.5 Å². The van der Waals surface area contributed by atoms with Crippen molar-refractivity contribution in [3.05, 3.63) is 53.6 Å². The number of methoxy groups -OCH3 is 1. The standard InChI is InChI=1S/C20H25NO3S/c1-5-25-19-9-7-6-8-16(19)20(22)21-13-15-10-11-17(24-14(2)3)18(12-15)23-4/h6-12,14H,5,13H2,1-4H3,(H,21,22). The number of benzene rings is 2. The molecule has 0 bridgehead atoms. The summed E-state index contributed by atoms with van der Waals surface area (Å²) in [7, 11) is 1.61. The predicted molar refractivity (Wildman–Crippen MR) is 103 cm³/mol. The molecule has 1 amide bonds. The number of rotatable bonds is 8. The van der Waals surface area contributed by atoms with Crippen LogP contribution in [0.4, 0.5) is 0 Å². The van der Waals surface area contributed by atoms with E-state index in [9.17, 15) is 4.79 Å². The fourth-order valence-electron chi connectivity index (χ4n) is 2.39. The van der Waals surface area contributed by atoms with E-state index < -0.39 is 0 Å². The monoisotopic (exact) mass is 359 g/mol. The third-order valence-electron chi connectivity index (χ3n) is 3.48. The highest BCUT2D eigenvalue weighted by Gasteiger charge is 2.12. The van der Waals surface area contributed by atoms with Crippen LogP contribution in [0.15, 0.2) is 47.4 Å². The molecule has 0 fully saturated rings. The van der Waals surface area contributed by atoms with Gasteiger partial charge in [0.1, 0.15) is 0 Å². The zero-order chi connectivity index (χ0) is 18.2. The lowest BCUT2D eigenvalue weighted by molar-refractivity contribution is 0.0948.